The first-order valence-corrected chi connectivity index (χ1v) is 4.26. The van der Waals surface area contributed by atoms with E-state index < -0.39 is 18.7 Å². The van der Waals surface area contributed by atoms with Crippen LogP contribution in [-0.4, -0.2) is 17.4 Å². The van der Waals surface area contributed by atoms with Crippen LogP contribution in [-0.2, 0) is 6.42 Å². The third-order valence-corrected chi connectivity index (χ3v) is 1.93. The molecule has 0 aliphatic rings. The lowest BCUT2D eigenvalue weighted by Crippen LogP contribution is -2.30. The van der Waals surface area contributed by atoms with E-state index in [1.807, 2.05) is 0 Å². The smallest absolute Gasteiger partial charge is 0.383 e. The van der Waals surface area contributed by atoms with Crippen LogP contribution in [0, 0.1) is 0 Å². The molecule has 5 heteroatoms. The van der Waals surface area contributed by atoms with E-state index >= 15 is 0 Å². The van der Waals surface area contributed by atoms with Crippen molar-refractivity contribution in [3.05, 3.63) is 34.9 Å². The Kier molecular flexibility index (Phi) is 3.39. The van der Waals surface area contributed by atoms with Crippen molar-refractivity contribution in [2.24, 2.45) is 0 Å². The summed E-state index contributed by atoms with van der Waals surface area (Å²) in [5.41, 5.74) is 0.363. The van der Waals surface area contributed by atoms with Crippen LogP contribution in [0.1, 0.15) is 5.56 Å². The molecule has 14 heavy (non-hydrogen) atoms. The van der Waals surface area contributed by atoms with Crippen molar-refractivity contribution in [1.29, 1.82) is 0 Å². The van der Waals surface area contributed by atoms with Gasteiger partial charge in [-0.1, -0.05) is 23.7 Å². The average Bonchev–Trinajstić information content (AvgIpc) is 2.02. The van der Waals surface area contributed by atoms with Gasteiger partial charge in [0, 0.05) is 11.4 Å². The number of hydrogen-bond donors (Lipinski definition) is 1. The van der Waals surface area contributed by atoms with Gasteiger partial charge in [0.15, 0.2) is 6.10 Å². The Morgan fingerprint density at radius 3 is 2.50 bits per heavy atom. The van der Waals surface area contributed by atoms with Crippen molar-refractivity contribution >= 4 is 11.6 Å². The van der Waals surface area contributed by atoms with Crippen molar-refractivity contribution in [3.8, 4) is 0 Å². The summed E-state index contributed by atoms with van der Waals surface area (Å²) in [7, 11) is 0. The van der Waals surface area contributed by atoms with E-state index in [0.29, 0.717) is 10.6 Å². The van der Waals surface area contributed by atoms with E-state index in [1.165, 1.54) is 12.1 Å². The minimum Gasteiger partial charge on any atom is -0.383 e. The lowest BCUT2D eigenvalue weighted by atomic mass is 10.1. The molecular formula is C9H8ClF3O. The maximum absolute atomic E-state index is 12.0. The average molecular weight is 225 g/mol. The number of halogens is 4. The van der Waals surface area contributed by atoms with Crippen LogP contribution in [0.25, 0.3) is 0 Å². The second kappa shape index (κ2) is 4.19. The van der Waals surface area contributed by atoms with Crippen molar-refractivity contribution in [1.82, 2.24) is 0 Å². The molecule has 0 radical (unpaired) electrons. The number of rotatable bonds is 2. The highest BCUT2D eigenvalue weighted by Crippen LogP contribution is 2.23. The molecule has 0 fully saturated rings. The fourth-order valence-corrected chi connectivity index (χ4v) is 1.22. The van der Waals surface area contributed by atoms with Crippen molar-refractivity contribution in [2.75, 3.05) is 0 Å². The predicted octanol–water partition coefficient (Wildman–Crippen LogP) is 2.81. The highest BCUT2D eigenvalue weighted by molar-refractivity contribution is 6.30. The highest BCUT2D eigenvalue weighted by atomic mass is 35.5. The van der Waals surface area contributed by atoms with E-state index in [1.54, 1.807) is 12.1 Å². The van der Waals surface area contributed by atoms with Crippen LogP contribution in [0.5, 0.6) is 0 Å². The first-order chi connectivity index (χ1) is 6.39. The zero-order chi connectivity index (χ0) is 10.8. The Morgan fingerprint density at radius 1 is 1.36 bits per heavy atom. The lowest BCUT2D eigenvalue weighted by Gasteiger charge is -2.14. The third kappa shape index (κ3) is 3.20. The van der Waals surface area contributed by atoms with E-state index in [-0.39, 0.29) is 0 Å². The van der Waals surface area contributed by atoms with Gasteiger partial charge in [0.05, 0.1) is 0 Å². The molecule has 0 aliphatic carbocycles. The molecule has 1 aromatic carbocycles. The van der Waals surface area contributed by atoms with Crippen LogP contribution in [0.2, 0.25) is 5.02 Å². The maximum Gasteiger partial charge on any atom is 0.414 e. The highest BCUT2D eigenvalue weighted by Gasteiger charge is 2.37. The van der Waals surface area contributed by atoms with Crippen molar-refractivity contribution in [2.45, 2.75) is 18.7 Å². The Balaban J connectivity index is 2.70. The topological polar surface area (TPSA) is 20.2 Å². The van der Waals surface area contributed by atoms with Crippen LogP contribution in [0.3, 0.4) is 0 Å². The number of aliphatic hydroxyl groups excluding tert-OH is 1. The third-order valence-electron chi connectivity index (χ3n) is 1.70. The Labute approximate surface area is 84.1 Å². The van der Waals surface area contributed by atoms with Gasteiger partial charge >= 0.3 is 6.18 Å². The second-order valence-electron chi connectivity index (χ2n) is 2.89. The monoisotopic (exact) mass is 224 g/mol. The van der Waals surface area contributed by atoms with Gasteiger partial charge in [-0.25, -0.2) is 0 Å². The summed E-state index contributed by atoms with van der Waals surface area (Å²) in [5.74, 6) is 0. The molecule has 0 amide bonds. The second-order valence-corrected chi connectivity index (χ2v) is 3.33. The van der Waals surface area contributed by atoms with Gasteiger partial charge < -0.3 is 5.11 Å². The molecule has 1 nitrogen and oxygen atoms in total. The molecular weight excluding hydrogens is 217 g/mol. The maximum atomic E-state index is 12.0. The van der Waals surface area contributed by atoms with Gasteiger partial charge in [-0.2, -0.15) is 13.2 Å². The van der Waals surface area contributed by atoms with E-state index in [9.17, 15) is 13.2 Å². The minimum absolute atomic E-state index is 0.358. The summed E-state index contributed by atoms with van der Waals surface area (Å²) in [6.45, 7) is 0. The number of hydrogen-bond acceptors (Lipinski definition) is 1. The molecule has 0 aliphatic heterocycles. The van der Waals surface area contributed by atoms with Gasteiger partial charge in [0.1, 0.15) is 0 Å². The summed E-state index contributed by atoms with van der Waals surface area (Å²) >= 11 is 5.58. The fraction of sp³-hybridized carbons (Fsp3) is 0.333. The Bertz CT molecular complexity index is 311. The summed E-state index contributed by atoms with van der Waals surface area (Å²) in [5, 5.41) is 9.12. The normalized spacial score (nSPS) is 14.1. The molecule has 0 unspecified atom stereocenters. The molecule has 0 aromatic heterocycles. The van der Waals surface area contributed by atoms with Crippen LogP contribution >= 0.6 is 11.6 Å². The van der Waals surface area contributed by atoms with Crippen molar-refractivity contribution in [3.63, 3.8) is 0 Å². The molecule has 1 atom stereocenters. The zero-order valence-corrected chi connectivity index (χ0v) is 7.81. The molecule has 0 heterocycles. The number of alkyl halides is 3. The van der Waals surface area contributed by atoms with Crippen LogP contribution in [0.15, 0.2) is 24.3 Å². The molecule has 0 bridgehead atoms. The van der Waals surface area contributed by atoms with E-state index in [0.717, 1.165) is 0 Å². The quantitative estimate of drug-likeness (QED) is 0.819. The van der Waals surface area contributed by atoms with Gasteiger partial charge in [0.25, 0.3) is 0 Å². The van der Waals surface area contributed by atoms with Gasteiger partial charge in [-0.3, -0.25) is 0 Å². The predicted molar refractivity (Wildman–Crippen MR) is 47.2 cm³/mol. The molecule has 1 aromatic rings. The Morgan fingerprint density at radius 2 is 2.00 bits per heavy atom. The first kappa shape index (κ1) is 11.3. The fourth-order valence-electron chi connectivity index (χ4n) is 1.00. The van der Waals surface area contributed by atoms with Crippen LogP contribution < -0.4 is 0 Å². The summed E-state index contributed by atoms with van der Waals surface area (Å²) in [4.78, 5) is 0. The Hall–Kier alpha value is -0.740. The summed E-state index contributed by atoms with van der Waals surface area (Å²) in [6.07, 6.45) is -7.38. The van der Waals surface area contributed by atoms with Gasteiger partial charge in [0.2, 0.25) is 0 Å². The minimum atomic E-state index is -4.58. The van der Waals surface area contributed by atoms with Gasteiger partial charge in [-0.15, -0.1) is 0 Å². The molecule has 0 saturated heterocycles. The molecule has 1 rings (SSSR count). The summed E-state index contributed by atoms with van der Waals surface area (Å²) < 4.78 is 35.9. The standard InChI is InChI=1S/C9H8ClF3O/c10-7-3-1-2-6(4-7)5-8(14)9(11,12)13/h1-4,8,14H,5H2/t8-/m0/s1. The molecule has 78 valence electrons. The van der Waals surface area contributed by atoms with Crippen LogP contribution in [0.4, 0.5) is 13.2 Å². The molecule has 0 saturated carbocycles. The molecule has 1 N–H and O–H groups in total. The largest absolute Gasteiger partial charge is 0.414 e. The van der Waals surface area contributed by atoms with E-state index in [4.69, 9.17) is 16.7 Å². The zero-order valence-electron chi connectivity index (χ0n) is 7.05. The lowest BCUT2D eigenvalue weighted by molar-refractivity contribution is -0.203. The number of benzene rings is 1. The van der Waals surface area contributed by atoms with E-state index in [2.05, 4.69) is 0 Å². The van der Waals surface area contributed by atoms with Crippen molar-refractivity contribution < 1.29 is 18.3 Å². The SMILES string of the molecule is O[C@@H](Cc1cccc(Cl)c1)C(F)(F)F. The number of aliphatic hydroxyl groups is 1. The first-order valence-electron chi connectivity index (χ1n) is 3.89. The molecule has 0 spiro atoms. The summed E-state index contributed by atoms with van der Waals surface area (Å²) in [6, 6.07) is 5.99. The van der Waals surface area contributed by atoms with Gasteiger partial charge in [-0.05, 0) is 17.7 Å².